The lowest BCUT2D eigenvalue weighted by Crippen LogP contribution is -2.49. The number of nitrogens with zero attached hydrogens (tertiary/aromatic N) is 1. The highest BCUT2D eigenvalue weighted by Gasteiger charge is 2.41. The number of carbonyl (C=O) groups is 3. The number of amides is 2. The Morgan fingerprint density at radius 3 is 2.25 bits per heavy atom. The lowest BCUT2D eigenvalue weighted by molar-refractivity contribution is -0.143. The first-order valence-corrected chi connectivity index (χ1v) is 11.1. The first kappa shape index (κ1) is 21.9. The molecule has 2 unspecified atom stereocenters. The molecular weight excluding hydrogens is 408 g/mol. The number of carboxylic acids is 1. The zero-order chi connectivity index (χ0) is 22.8. The third-order valence-corrected chi connectivity index (χ3v) is 6.61. The van der Waals surface area contributed by atoms with Gasteiger partial charge in [-0.25, -0.2) is 4.79 Å². The molecule has 2 amide bonds. The summed E-state index contributed by atoms with van der Waals surface area (Å²) in [5.41, 5.74) is 4.53. The predicted molar refractivity (Wildman–Crippen MR) is 119 cm³/mol. The first-order chi connectivity index (χ1) is 15.4. The van der Waals surface area contributed by atoms with E-state index in [1.807, 2.05) is 43.3 Å². The molecule has 1 fully saturated rings. The second-order valence-electron chi connectivity index (χ2n) is 8.43. The molecule has 0 radical (unpaired) electrons. The summed E-state index contributed by atoms with van der Waals surface area (Å²) >= 11 is 0. The number of benzene rings is 2. The van der Waals surface area contributed by atoms with Crippen LogP contribution in [-0.4, -0.2) is 53.2 Å². The highest BCUT2D eigenvalue weighted by Crippen LogP contribution is 2.44. The van der Waals surface area contributed by atoms with Gasteiger partial charge in [0.05, 0.1) is 5.92 Å². The quantitative estimate of drug-likeness (QED) is 0.721. The molecular formula is C25H28N2O5. The van der Waals surface area contributed by atoms with Gasteiger partial charge in [0, 0.05) is 18.5 Å². The highest BCUT2D eigenvalue weighted by molar-refractivity contribution is 5.87. The van der Waals surface area contributed by atoms with Gasteiger partial charge in [-0.05, 0) is 42.0 Å². The molecule has 7 heteroatoms. The number of hydrogen-bond acceptors (Lipinski definition) is 4. The number of fused-ring (bicyclic) bond motifs is 3. The summed E-state index contributed by atoms with van der Waals surface area (Å²) in [4.78, 5) is 38.4. The van der Waals surface area contributed by atoms with E-state index < -0.39 is 24.0 Å². The Balaban J connectivity index is 1.37. The summed E-state index contributed by atoms with van der Waals surface area (Å²) in [6.07, 6.45) is 0.326. The summed E-state index contributed by atoms with van der Waals surface area (Å²) < 4.78 is 5.52. The van der Waals surface area contributed by atoms with Gasteiger partial charge in [0.25, 0.3) is 0 Å². The van der Waals surface area contributed by atoms with Crippen molar-refractivity contribution in [3.63, 3.8) is 0 Å². The van der Waals surface area contributed by atoms with Crippen LogP contribution in [0.3, 0.4) is 0 Å². The van der Waals surface area contributed by atoms with Crippen LogP contribution in [0.1, 0.15) is 43.7 Å². The van der Waals surface area contributed by atoms with Crippen molar-refractivity contribution in [2.75, 3.05) is 13.2 Å². The molecule has 0 aromatic heterocycles. The number of alkyl carbamates (subject to hydrolysis) is 1. The number of carbonyl (C=O) groups excluding carboxylic acids is 2. The molecule has 2 N–H and O–H groups in total. The van der Waals surface area contributed by atoms with Gasteiger partial charge in [-0.3, -0.25) is 9.59 Å². The third-order valence-electron chi connectivity index (χ3n) is 6.61. The molecule has 168 valence electrons. The van der Waals surface area contributed by atoms with Gasteiger partial charge in [0.15, 0.2) is 0 Å². The van der Waals surface area contributed by atoms with E-state index in [9.17, 15) is 19.5 Å². The van der Waals surface area contributed by atoms with Crippen LogP contribution in [0.4, 0.5) is 4.79 Å². The maximum Gasteiger partial charge on any atom is 0.407 e. The summed E-state index contributed by atoms with van der Waals surface area (Å²) in [6, 6.07) is 15.0. The average molecular weight is 437 g/mol. The van der Waals surface area contributed by atoms with Crippen LogP contribution in [0.15, 0.2) is 48.5 Å². The molecule has 1 aliphatic heterocycles. The topological polar surface area (TPSA) is 95.9 Å². The molecule has 3 atom stereocenters. The molecule has 1 aliphatic carbocycles. The van der Waals surface area contributed by atoms with Crippen LogP contribution in [0.5, 0.6) is 0 Å². The van der Waals surface area contributed by atoms with Gasteiger partial charge in [-0.1, -0.05) is 55.5 Å². The number of carboxylic acid groups (broad SMARTS) is 1. The van der Waals surface area contributed by atoms with Crippen molar-refractivity contribution in [3.05, 3.63) is 59.7 Å². The Labute approximate surface area is 187 Å². The van der Waals surface area contributed by atoms with Crippen molar-refractivity contribution >= 4 is 18.0 Å². The van der Waals surface area contributed by atoms with E-state index in [2.05, 4.69) is 17.4 Å². The van der Waals surface area contributed by atoms with Crippen molar-refractivity contribution in [3.8, 4) is 11.1 Å². The monoisotopic (exact) mass is 436 g/mol. The van der Waals surface area contributed by atoms with Gasteiger partial charge in [-0.15, -0.1) is 0 Å². The number of likely N-dealkylation sites (tertiary alicyclic amines) is 1. The van der Waals surface area contributed by atoms with Gasteiger partial charge in [-0.2, -0.15) is 0 Å². The van der Waals surface area contributed by atoms with Crippen molar-refractivity contribution in [2.24, 2.45) is 5.92 Å². The average Bonchev–Trinajstić information content (AvgIpc) is 3.36. The van der Waals surface area contributed by atoms with Gasteiger partial charge in [0.1, 0.15) is 12.6 Å². The predicted octanol–water partition coefficient (Wildman–Crippen LogP) is 3.63. The molecule has 0 bridgehead atoms. The maximum atomic E-state index is 12.9. The number of aliphatic carboxylic acids is 1. The molecule has 4 rings (SSSR count). The normalized spacial score (nSPS) is 20.4. The van der Waals surface area contributed by atoms with Gasteiger partial charge < -0.3 is 20.1 Å². The first-order valence-electron chi connectivity index (χ1n) is 11.1. The number of nitrogens with one attached hydrogen (secondary N) is 1. The van der Waals surface area contributed by atoms with E-state index in [1.165, 1.54) is 0 Å². The van der Waals surface area contributed by atoms with Crippen LogP contribution >= 0.6 is 0 Å². The molecule has 1 saturated heterocycles. The molecule has 2 aromatic carbocycles. The molecule has 7 nitrogen and oxygen atoms in total. The van der Waals surface area contributed by atoms with Crippen molar-refractivity contribution < 1.29 is 24.2 Å². The number of hydrogen-bond donors (Lipinski definition) is 2. The van der Waals surface area contributed by atoms with Crippen LogP contribution < -0.4 is 5.32 Å². The Morgan fingerprint density at radius 1 is 1.09 bits per heavy atom. The number of ether oxygens (including phenoxy) is 1. The molecule has 0 saturated carbocycles. The van der Waals surface area contributed by atoms with Crippen molar-refractivity contribution in [2.45, 2.75) is 44.7 Å². The summed E-state index contributed by atoms with van der Waals surface area (Å²) in [7, 11) is 0. The summed E-state index contributed by atoms with van der Waals surface area (Å²) in [5, 5.41) is 12.0. The zero-order valence-corrected chi connectivity index (χ0v) is 18.3. The van der Waals surface area contributed by atoms with E-state index in [0.29, 0.717) is 19.4 Å². The van der Waals surface area contributed by atoms with Crippen LogP contribution in [0.2, 0.25) is 0 Å². The van der Waals surface area contributed by atoms with E-state index in [1.54, 1.807) is 11.8 Å². The molecule has 1 heterocycles. The minimum Gasteiger partial charge on any atom is -0.481 e. The van der Waals surface area contributed by atoms with Crippen molar-refractivity contribution in [1.29, 1.82) is 0 Å². The fraction of sp³-hybridized carbons (Fsp3) is 0.400. The lowest BCUT2D eigenvalue weighted by Gasteiger charge is -2.28. The van der Waals surface area contributed by atoms with Crippen LogP contribution in [0, 0.1) is 5.92 Å². The second-order valence-corrected chi connectivity index (χ2v) is 8.43. The highest BCUT2D eigenvalue weighted by atomic mass is 16.5. The Hall–Kier alpha value is -3.35. The van der Waals surface area contributed by atoms with Gasteiger partial charge in [0.2, 0.25) is 5.91 Å². The van der Waals surface area contributed by atoms with Gasteiger partial charge >= 0.3 is 12.1 Å². The second kappa shape index (κ2) is 9.02. The minimum atomic E-state index is -0.885. The number of rotatable bonds is 6. The Bertz CT molecular complexity index is 991. The van der Waals surface area contributed by atoms with E-state index >= 15 is 0 Å². The Kier molecular flexibility index (Phi) is 6.17. The zero-order valence-electron chi connectivity index (χ0n) is 18.3. The van der Waals surface area contributed by atoms with E-state index in [0.717, 1.165) is 22.3 Å². The van der Waals surface area contributed by atoms with Crippen LogP contribution in [0.25, 0.3) is 11.1 Å². The fourth-order valence-corrected chi connectivity index (χ4v) is 5.05. The van der Waals surface area contributed by atoms with E-state index in [-0.39, 0.29) is 24.5 Å². The fourth-order valence-electron chi connectivity index (χ4n) is 5.05. The lowest BCUT2D eigenvalue weighted by atomic mass is 9.98. The smallest absolute Gasteiger partial charge is 0.407 e. The summed E-state index contributed by atoms with van der Waals surface area (Å²) in [6.45, 7) is 4.02. The molecule has 32 heavy (non-hydrogen) atoms. The largest absolute Gasteiger partial charge is 0.481 e. The SMILES string of the molecule is CCC1C(C(=O)O)CCN1C(=O)[C@@H](C)NC(=O)OCC1c2ccccc2-c2ccccc21. The van der Waals surface area contributed by atoms with Crippen LogP contribution in [-0.2, 0) is 14.3 Å². The maximum absolute atomic E-state index is 12.9. The van der Waals surface area contributed by atoms with E-state index in [4.69, 9.17) is 4.74 Å². The molecule has 2 aliphatic rings. The summed E-state index contributed by atoms with van der Waals surface area (Å²) in [5.74, 6) is -1.79. The Morgan fingerprint density at radius 2 is 1.69 bits per heavy atom. The standard InChI is InChI=1S/C25H28N2O5/c1-3-22-20(24(29)30)12-13-27(22)23(28)15(2)26-25(31)32-14-21-18-10-6-4-8-16(18)17-9-5-7-11-19(17)21/h4-11,15,20-22H,3,12-14H2,1-2H3,(H,26,31)(H,29,30)/t15-,20?,22?/m1/s1. The van der Waals surface area contributed by atoms with Crippen molar-refractivity contribution in [1.82, 2.24) is 10.2 Å². The third kappa shape index (κ3) is 3.95. The molecule has 0 spiro atoms. The minimum absolute atomic E-state index is 0.0569. The molecule has 2 aromatic rings.